The maximum absolute atomic E-state index is 3.43. The van der Waals surface area contributed by atoms with E-state index in [2.05, 4.69) is 18.4 Å². The highest BCUT2D eigenvalue weighted by Gasteiger charge is 2.09. The van der Waals surface area contributed by atoms with Crippen molar-refractivity contribution in [1.82, 2.24) is 0 Å². The second-order valence-corrected chi connectivity index (χ2v) is 5.26. The first-order valence-electron chi connectivity index (χ1n) is 4.92. The van der Waals surface area contributed by atoms with Gasteiger partial charge in [0.15, 0.2) is 0 Å². The molecule has 1 saturated carbocycles. The SMILES string of the molecule is CC[SiH2]C#CC1CCCCC1. The smallest absolute Gasteiger partial charge is 0.106 e. The van der Waals surface area contributed by atoms with E-state index >= 15 is 0 Å². The van der Waals surface area contributed by atoms with Crippen molar-refractivity contribution in [3.8, 4) is 11.5 Å². The molecule has 62 valence electrons. The van der Waals surface area contributed by atoms with Gasteiger partial charge >= 0.3 is 0 Å². The van der Waals surface area contributed by atoms with Crippen LogP contribution in [0.15, 0.2) is 0 Å². The molecule has 0 atom stereocenters. The predicted octanol–water partition coefficient (Wildman–Crippen LogP) is 2.13. The first kappa shape index (κ1) is 8.87. The van der Waals surface area contributed by atoms with Crippen LogP contribution in [0.4, 0.5) is 0 Å². The zero-order valence-electron chi connectivity index (χ0n) is 7.53. The van der Waals surface area contributed by atoms with E-state index in [1.165, 1.54) is 38.1 Å². The van der Waals surface area contributed by atoms with Gasteiger partial charge in [-0.15, -0.1) is 11.5 Å². The van der Waals surface area contributed by atoms with Crippen molar-refractivity contribution >= 4 is 9.52 Å². The molecule has 0 amide bonds. The van der Waals surface area contributed by atoms with Gasteiger partial charge in [0, 0.05) is 5.92 Å². The second-order valence-electron chi connectivity index (χ2n) is 3.41. The lowest BCUT2D eigenvalue weighted by atomic mass is 9.90. The lowest BCUT2D eigenvalue weighted by Crippen LogP contribution is -2.03. The predicted molar refractivity (Wildman–Crippen MR) is 53.4 cm³/mol. The summed E-state index contributed by atoms with van der Waals surface area (Å²) in [5.41, 5.74) is 3.39. The van der Waals surface area contributed by atoms with E-state index < -0.39 is 0 Å². The summed E-state index contributed by atoms with van der Waals surface area (Å²) in [7, 11) is 0.0156. The van der Waals surface area contributed by atoms with E-state index in [1.54, 1.807) is 0 Å². The average molecular weight is 166 g/mol. The van der Waals surface area contributed by atoms with Gasteiger partial charge in [-0.1, -0.05) is 32.2 Å². The van der Waals surface area contributed by atoms with E-state index in [-0.39, 0.29) is 9.52 Å². The van der Waals surface area contributed by atoms with Crippen LogP contribution in [0.3, 0.4) is 0 Å². The molecule has 0 heterocycles. The van der Waals surface area contributed by atoms with E-state index in [1.807, 2.05) is 0 Å². The van der Waals surface area contributed by atoms with Gasteiger partial charge in [0.2, 0.25) is 0 Å². The molecule has 0 spiro atoms. The summed E-state index contributed by atoms with van der Waals surface area (Å²) in [6.45, 7) is 2.25. The van der Waals surface area contributed by atoms with Crippen LogP contribution < -0.4 is 0 Å². The molecule has 1 rings (SSSR count). The summed E-state index contributed by atoms with van der Waals surface area (Å²) in [5.74, 6) is 4.21. The second kappa shape index (κ2) is 5.43. The van der Waals surface area contributed by atoms with Crippen molar-refractivity contribution < 1.29 is 0 Å². The molecule has 11 heavy (non-hydrogen) atoms. The van der Waals surface area contributed by atoms with Gasteiger partial charge in [-0.05, 0) is 12.8 Å². The van der Waals surface area contributed by atoms with Crippen molar-refractivity contribution in [3.05, 3.63) is 0 Å². The van der Waals surface area contributed by atoms with Crippen LogP contribution in [0, 0.1) is 17.4 Å². The molecule has 0 nitrogen and oxygen atoms in total. The molecule has 0 unspecified atom stereocenters. The minimum atomic E-state index is 0.0156. The molecule has 1 aliphatic rings. The van der Waals surface area contributed by atoms with E-state index in [9.17, 15) is 0 Å². The Morgan fingerprint density at radius 1 is 1.27 bits per heavy atom. The van der Waals surface area contributed by atoms with Crippen molar-refractivity contribution in [2.75, 3.05) is 0 Å². The molecule has 0 saturated heterocycles. The highest BCUT2D eigenvalue weighted by atomic mass is 28.2. The Morgan fingerprint density at radius 2 is 2.00 bits per heavy atom. The summed E-state index contributed by atoms with van der Waals surface area (Å²) in [4.78, 5) is 0. The topological polar surface area (TPSA) is 0 Å². The lowest BCUT2D eigenvalue weighted by molar-refractivity contribution is 0.430. The van der Waals surface area contributed by atoms with Gasteiger partial charge in [0.05, 0.1) is 0 Å². The Balaban J connectivity index is 2.19. The third kappa shape index (κ3) is 3.62. The molecule has 0 aromatic heterocycles. The van der Waals surface area contributed by atoms with Crippen LogP contribution in [0.1, 0.15) is 39.0 Å². The van der Waals surface area contributed by atoms with Gasteiger partial charge in [-0.25, -0.2) is 0 Å². The average Bonchev–Trinajstić information content (AvgIpc) is 2.07. The number of rotatable bonds is 1. The maximum Gasteiger partial charge on any atom is 0.106 e. The third-order valence-electron chi connectivity index (χ3n) is 2.29. The van der Waals surface area contributed by atoms with Crippen molar-refractivity contribution in [2.24, 2.45) is 5.92 Å². The molecular formula is C10H18Si. The molecule has 1 aliphatic carbocycles. The van der Waals surface area contributed by atoms with Gasteiger partial charge < -0.3 is 0 Å². The highest BCUT2D eigenvalue weighted by molar-refractivity contribution is 6.45. The van der Waals surface area contributed by atoms with Crippen LogP contribution >= 0.6 is 0 Å². The minimum absolute atomic E-state index is 0.0156. The molecular weight excluding hydrogens is 148 g/mol. The van der Waals surface area contributed by atoms with Gasteiger partial charge in [0.1, 0.15) is 9.52 Å². The number of hydrogen-bond donors (Lipinski definition) is 0. The fraction of sp³-hybridized carbons (Fsp3) is 0.800. The molecule has 0 aliphatic heterocycles. The largest absolute Gasteiger partial charge is 0.139 e. The summed E-state index contributed by atoms with van der Waals surface area (Å²) >= 11 is 0. The summed E-state index contributed by atoms with van der Waals surface area (Å²) < 4.78 is 0. The Kier molecular flexibility index (Phi) is 4.38. The zero-order chi connectivity index (χ0) is 7.94. The van der Waals surface area contributed by atoms with Gasteiger partial charge in [0.25, 0.3) is 0 Å². The molecule has 0 aromatic carbocycles. The first-order chi connectivity index (χ1) is 5.43. The molecule has 1 fully saturated rings. The quantitative estimate of drug-likeness (QED) is 0.413. The van der Waals surface area contributed by atoms with Gasteiger partial charge in [-0.2, -0.15) is 0 Å². The normalized spacial score (nSPS) is 20.1. The van der Waals surface area contributed by atoms with Crippen LogP contribution in [0.2, 0.25) is 6.04 Å². The fourth-order valence-corrected chi connectivity index (χ4v) is 2.27. The van der Waals surface area contributed by atoms with E-state index in [0.717, 1.165) is 5.92 Å². The Labute approximate surface area is 72.6 Å². The van der Waals surface area contributed by atoms with E-state index in [4.69, 9.17) is 0 Å². The van der Waals surface area contributed by atoms with E-state index in [0.29, 0.717) is 0 Å². The standard InChI is InChI=1S/C10H18Si/c1-2-11-9-8-10-6-4-3-5-7-10/h10H,2-7,11H2,1H3. The maximum atomic E-state index is 3.43. The van der Waals surface area contributed by atoms with Gasteiger partial charge in [-0.3, -0.25) is 0 Å². The zero-order valence-corrected chi connectivity index (χ0v) is 8.94. The van der Waals surface area contributed by atoms with Crippen molar-refractivity contribution in [2.45, 2.75) is 45.1 Å². The lowest BCUT2D eigenvalue weighted by Gasteiger charge is -2.15. The van der Waals surface area contributed by atoms with Crippen LogP contribution in [0.5, 0.6) is 0 Å². The Bertz CT molecular complexity index is 146. The first-order valence-corrected chi connectivity index (χ1v) is 6.62. The summed E-state index contributed by atoms with van der Waals surface area (Å²) in [5, 5.41) is 0. The number of hydrogen-bond acceptors (Lipinski definition) is 0. The van der Waals surface area contributed by atoms with Crippen LogP contribution in [-0.2, 0) is 0 Å². The molecule has 0 N–H and O–H groups in total. The Morgan fingerprint density at radius 3 is 2.64 bits per heavy atom. The van der Waals surface area contributed by atoms with Crippen LogP contribution in [0.25, 0.3) is 0 Å². The van der Waals surface area contributed by atoms with Crippen LogP contribution in [-0.4, -0.2) is 9.52 Å². The van der Waals surface area contributed by atoms with Crippen molar-refractivity contribution in [1.29, 1.82) is 0 Å². The summed E-state index contributed by atoms with van der Waals surface area (Å²) in [6.07, 6.45) is 7.06. The molecule has 1 heteroatoms. The molecule has 0 radical (unpaired) electrons. The molecule has 0 aromatic rings. The highest BCUT2D eigenvalue weighted by Crippen LogP contribution is 2.22. The molecule has 0 bridgehead atoms. The fourth-order valence-electron chi connectivity index (χ4n) is 1.59. The minimum Gasteiger partial charge on any atom is -0.139 e. The summed E-state index contributed by atoms with van der Waals surface area (Å²) in [6, 6.07) is 1.35. The monoisotopic (exact) mass is 166 g/mol. The third-order valence-corrected chi connectivity index (χ3v) is 3.24. The van der Waals surface area contributed by atoms with Crippen molar-refractivity contribution in [3.63, 3.8) is 0 Å². The Hall–Kier alpha value is -0.223.